The lowest BCUT2D eigenvalue weighted by Crippen LogP contribution is -2.30. The van der Waals surface area contributed by atoms with E-state index in [1.54, 1.807) is 30.3 Å². The molecule has 6 nitrogen and oxygen atoms in total. The van der Waals surface area contributed by atoms with Gasteiger partial charge in [0.2, 0.25) is 0 Å². The van der Waals surface area contributed by atoms with E-state index in [1.165, 1.54) is 4.90 Å². The quantitative estimate of drug-likeness (QED) is 0.176. The lowest BCUT2D eigenvalue weighted by Gasteiger charge is -2.23. The molecule has 0 bridgehead atoms. The maximum absolute atomic E-state index is 13.1. The summed E-state index contributed by atoms with van der Waals surface area (Å²) in [7, 11) is 0. The summed E-state index contributed by atoms with van der Waals surface area (Å²) in [4.78, 5) is 27.6. The van der Waals surface area contributed by atoms with Crippen molar-refractivity contribution in [3.63, 3.8) is 0 Å². The molecule has 6 heteroatoms. The van der Waals surface area contributed by atoms with Crippen molar-refractivity contribution in [1.29, 1.82) is 0 Å². The van der Waals surface area contributed by atoms with E-state index in [9.17, 15) is 14.7 Å². The van der Waals surface area contributed by atoms with Crippen LogP contribution in [0.2, 0.25) is 0 Å². The van der Waals surface area contributed by atoms with Gasteiger partial charge in [-0.2, -0.15) is 0 Å². The van der Waals surface area contributed by atoms with E-state index >= 15 is 0 Å². The second kappa shape index (κ2) is 10.6. The van der Waals surface area contributed by atoms with E-state index in [1.807, 2.05) is 44.2 Å². The highest BCUT2D eigenvalue weighted by Gasteiger charge is 2.47. The van der Waals surface area contributed by atoms with E-state index < -0.39 is 17.7 Å². The number of rotatable bonds is 9. The number of aliphatic hydroxyl groups is 1. The summed E-state index contributed by atoms with van der Waals surface area (Å²) >= 11 is 0. The Morgan fingerprint density at radius 2 is 1.80 bits per heavy atom. The Bertz CT molecular complexity index is 1240. The number of unbranched alkanes of at least 4 members (excludes halogenated alkanes) is 2. The summed E-state index contributed by atoms with van der Waals surface area (Å²) in [5.41, 5.74) is 2.37. The van der Waals surface area contributed by atoms with E-state index in [-0.39, 0.29) is 11.3 Å². The third kappa shape index (κ3) is 5.16. The topological polar surface area (TPSA) is 80.0 Å². The molecule has 1 saturated heterocycles. The van der Waals surface area contributed by atoms with Crippen LogP contribution in [0.15, 0.2) is 70.7 Å². The number of hydrogen-bond acceptors (Lipinski definition) is 5. The highest BCUT2D eigenvalue weighted by molar-refractivity contribution is 6.46. The summed E-state index contributed by atoms with van der Waals surface area (Å²) < 4.78 is 11.8. The fraction of sp³-hybridized carbons (Fsp3) is 0.310. The molecule has 1 aliphatic rings. The van der Waals surface area contributed by atoms with Crippen molar-refractivity contribution in [2.24, 2.45) is 0 Å². The van der Waals surface area contributed by atoms with Gasteiger partial charge in [0, 0.05) is 12.1 Å². The molecule has 1 atom stereocenters. The summed E-state index contributed by atoms with van der Waals surface area (Å²) in [6.45, 7) is 6.62. The van der Waals surface area contributed by atoms with Gasteiger partial charge in [0.15, 0.2) is 0 Å². The number of Topliss-reactive ketones (excluding diaryl/α,β-unsaturated/α-hetero) is 1. The van der Waals surface area contributed by atoms with Crippen LogP contribution in [0.1, 0.15) is 60.4 Å². The largest absolute Gasteiger partial charge is 0.507 e. The number of aryl methyl sites for hydroxylation is 2. The summed E-state index contributed by atoms with van der Waals surface area (Å²) in [5.74, 6) is 0.317. The average Bonchev–Trinajstić information content (AvgIpc) is 3.39. The Morgan fingerprint density at radius 3 is 2.46 bits per heavy atom. The van der Waals surface area contributed by atoms with E-state index in [2.05, 4.69) is 6.92 Å². The van der Waals surface area contributed by atoms with Gasteiger partial charge in [-0.15, -0.1) is 0 Å². The van der Waals surface area contributed by atoms with Gasteiger partial charge in [0.1, 0.15) is 35.7 Å². The van der Waals surface area contributed by atoms with Gasteiger partial charge in [0.25, 0.3) is 11.7 Å². The van der Waals surface area contributed by atoms with Gasteiger partial charge in [-0.25, -0.2) is 0 Å². The molecule has 3 aromatic rings. The van der Waals surface area contributed by atoms with E-state index in [4.69, 9.17) is 9.15 Å². The predicted octanol–water partition coefficient (Wildman–Crippen LogP) is 6.09. The summed E-state index contributed by atoms with van der Waals surface area (Å²) in [6, 6.07) is 17.9. The normalized spacial score (nSPS) is 17.2. The first-order valence-corrected chi connectivity index (χ1v) is 12.0. The molecule has 35 heavy (non-hydrogen) atoms. The maximum Gasteiger partial charge on any atom is 0.295 e. The van der Waals surface area contributed by atoms with Gasteiger partial charge < -0.3 is 19.2 Å². The van der Waals surface area contributed by atoms with Crippen molar-refractivity contribution >= 4 is 17.4 Å². The third-order valence-electron chi connectivity index (χ3n) is 6.26. The molecule has 1 N–H and O–H groups in total. The molecule has 1 aliphatic heterocycles. The van der Waals surface area contributed by atoms with Crippen molar-refractivity contribution in [1.82, 2.24) is 4.90 Å². The first kappa shape index (κ1) is 24.3. The second-order valence-corrected chi connectivity index (χ2v) is 8.90. The molecule has 1 fully saturated rings. The zero-order valence-electron chi connectivity index (χ0n) is 20.4. The van der Waals surface area contributed by atoms with Crippen molar-refractivity contribution in [2.75, 3.05) is 6.54 Å². The fourth-order valence-electron chi connectivity index (χ4n) is 4.39. The Hall–Kier alpha value is -3.80. The number of carbonyl (C=O) groups is 2. The Kier molecular flexibility index (Phi) is 7.39. The van der Waals surface area contributed by atoms with Gasteiger partial charge in [-0.3, -0.25) is 9.59 Å². The molecule has 4 rings (SSSR count). The molecule has 1 amide bonds. The van der Waals surface area contributed by atoms with Crippen molar-refractivity contribution in [2.45, 2.75) is 52.7 Å². The monoisotopic (exact) mass is 473 g/mol. The molecular weight excluding hydrogens is 442 g/mol. The van der Waals surface area contributed by atoms with E-state index in [0.29, 0.717) is 36.0 Å². The standard InChI is InChI=1S/C29H31NO5/c1-4-5-9-16-30-26(24-14-12-20(3)35-24)25(28(32)29(30)33)27(31)22-13-15-23(19(2)17-22)34-18-21-10-7-6-8-11-21/h6-8,10-15,17,26,31H,4-5,9,16,18H2,1-3H3/b27-25-. The van der Waals surface area contributed by atoms with Crippen LogP contribution < -0.4 is 4.74 Å². The maximum atomic E-state index is 13.1. The van der Waals surface area contributed by atoms with Crippen LogP contribution in [-0.2, 0) is 16.2 Å². The van der Waals surface area contributed by atoms with Crippen LogP contribution in [-0.4, -0.2) is 28.2 Å². The zero-order chi connectivity index (χ0) is 24.9. The lowest BCUT2D eigenvalue weighted by molar-refractivity contribution is -0.140. The van der Waals surface area contributed by atoms with Crippen molar-refractivity contribution in [3.8, 4) is 5.75 Å². The average molecular weight is 474 g/mol. The number of likely N-dealkylation sites (tertiary alicyclic amines) is 1. The zero-order valence-corrected chi connectivity index (χ0v) is 20.4. The van der Waals surface area contributed by atoms with Gasteiger partial charge >= 0.3 is 0 Å². The van der Waals surface area contributed by atoms with Gasteiger partial charge in [0.05, 0.1) is 5.57 Å². The van der Waals surface area contributed by atoms with Gasteiger partial charge in [-0.1, -0.05) is 50.1 Å². The molecule has 0 radical (unpaired) electrons. The molecule has 1 aromatic heterocycles. The summed E-state index contributed by atoms with van der Waals surface area (Å²) in [5, 5.41) is 11.3. The number of ketones is 1. The SMILES string of the molecule is CCCCCN1C(=O)C(=O)/C(=C(\O)c2ccc(OCc3ccccc3)c(C)c2)C1c1ccc(C)o1. The second-order valence-electron chi connectivity index (χ2n) is 8.90. The molecular formula is C29H31NO5. The number of carbonyl (C=O) groups excluding carboxylic acids is 2. The number of furan rings is 1. The number of aliphatic hydroxyl groups excluding tert-OH is 1. The van der Waals surface area contributed by atoms with Crippen LogP contribution >= 0.6 is 0 Å². The minimum absolute atomic E-state index is 0.0539. The minimum Gasteiger partial charge on any atom is -0.507 e. The Morgan fingerprint density at radius 1 is 1.03 bits per heavy atom. The Balaban J connectivity index is 1.66. The van der Waals surface area contributed by atoms with Crippen LogP contribution in [0, 0.1) is 13.8 Å². The van der Waals surface area contributed by atoms with E-state index in [0.717, 1.165) is 30.4 Å². The third-order valence-corrected chi connectivity index (χ3v) is 6.26. The lowest BCUT2D eigenvalue weighted by atomic mass is 9.98. The van der Waals surface area contributed by atoms with Crippen LogP contribution in [0.5, 0.6) is 5.75 Å². The number of ether oxygens (including phenoxy) is 1. The van der Waals surface area contributed by atoms with Gasteiger partial charge in [-0.05, 0) is 61.7 Å². The van der Waals surface area contributed by atoms with Crippen molar-refractivity contribution < 1.29 is 23.8 Å². The molecule has 0 spiro atoms. The molecule has 0 saturated carbocycles. The predicted molar refractivity (Wildman–Crippen MR) is 134 cm³/mol. The number of hydrogen-bond donors (Lipinski definition) is 1. The molecule has 0 aliphatic carbocycles. The first-order chi connectivity index (χ1) is 16.9. The molecule has 2 aromatic carbocycles. The van der Waals surface area contributed by atoms with Crippen molar-refractivity contribution in [3.05, 3.63) is 94.4 Å². The van der Waals surface area contributed by atoms with Crippen LogP contribution in [0.3, 0.4) is 0 Å². The highest BCUT2D eigenvalue weighted by atomic mass is 16.5. The van der Waals surface area contributed by atoms with Crippen LogP contribution in [0.25, 0.3) is 5.76 Å². The van der Waals surface area contributed by atoms with Crippen LogP contribution in [0.4, 0.5) is 0 Å². The smallest absolute Gasteiger partial charge is 0.295 e. The number of benzene rings is 2. The number of amides is 1. The molecule has 2 heterocycles. The fourth-order valence-corrected chi connectivity index (χ4v) is 4.39. The Labute approximate surface area is 205 Å². The molecule has 182 valence electrons. The number of nitrogens with zero attached hydrogens (tertiary/aromatic N) is 1. The molecule has 1 unspecified atom stereocenters. The first-order valence-electron chi connectivity index (χ1n) is 12.0. The minimum atomic E-state index is -0.755. The highest BCUT2D eigenvalue weighted by Crippen LogP contribution is 2.40. The summed E-state index contributed by atoms with van der Waals surface area (Å²) in [6.07, 6.45) is 2.70.